The number of aromatic nitrogens is 2. The molecule has 4 rings (SSSR count). The molecule has 3 aromatic rings. The first-order valence-electron chi connectivity index (χ1n) is 9.52. The molecule has 1 amide bonds. The van der Waals surface area contributed by atoms with Gasteiger partial charge in [-0.05, 0) is 41.8 Å². The lowest BCUT2D eigenvalue weighted by Crippen LogP contribution is -2.46. The number of amides is 1. The highest BCUT2D eigenvalue weighted by Gasteiger charge is 2.26. The average Bonchev–Trinajstić information content (AvgIpc) is 3.15. The van der Waals surface area contributed by atoms with E-state index >= 15 is 0 Å². The smallest absolute Gasteiger partial charge is 0.336 e. The second-order valence-electron chi connectivity index (χ2n) is 7.72. The van der Waals surface area contributed by atoms with E-state index in [9.17, 15) is 14.4 Å². The number of para-hydroxylation sites is 1. The van der Waals surface area contributed by atoms with Crippen molar-refractivity contribution in [2.75, 3.05) is 13.1 Å². The maximum Gasteiger partial charge on any atom is 0.336 e. The number of thiophene rings is 1. The molecule has 3 heterocycles. The molecule has 0 spiro atoms. The zero-order valence-electron chi connectivity index (χ0n) is 16.0. The number of fused-ring (bicyclic) bond motifs is 1. The number of nitrogens with zero attached hydrogens (tertiary/aromatic N) is 3. The monoisotopic (exact) mass is 397 g/mol. The Kier molecular flexibility index (Phi) is 4.93. The van der Waals surface area contributed by atoms with Crippen LogP contribution in [-0.4, -0.2) is 33.0 Å². The number of hydrogen-bond donors (Lipinski definition) is 0. The fourth-order valence-corrected chi connectivity index (χ4v) is 4.97. The fourth-order valence-electron chi connectivity index (χ4n) is 4.15. The molecule has 0 saturated carbocycles. The van der Waals surface area contributed by atoms with E-state index in [0.29, 0.717) is 40.8 Å². The van der Waals surface area contributed by atoms with E-state index in [1.165, 1.54) is 15.9 Å². The molecular weight excluding hydrogens is 374 g/mol. The van der Waals surface area contributed by atoms with Crippen molar-refractivity contribution in [3.63, 3.8) is 0 Å². The van der Waals surface area contributed by atoms with Crippen LogP contribution in [0.1, 0.15) is 20.3 Å². The average molecular weight is 398 g/mol. The van der Waals surface area contributed by atoms with E-state index in [-0.39, 0.29) is 18.0 Å². The summed E-state index contributed by atoms with van der Waals surface area (Å²) in [7, 11) is 0. The standard InChI is InChI=1S/C21H23N3O3S/c1-14-10-15(2)12-22(11-14)18(25)13-23-17-8-9-28-19(17)20(26)24(21(23)27)16-6-4-3-5-7-16/h3-9,14-15H,10-13H2,1-2H3. The number of hydrogen-bond acceptors (Lipinski definition) is 4. The molecular formula is C21H23N3O3S. The van der Waals surface area contributed by atoms with E-state index in [1.807, 2.05) is 11.0 Å². The van der Waals surface area contributed by atoms with Gasteiger partial charge < -0.3 is 4.90 Å². The Hall–Kier alpha value is -2.67. The lowest BCUT2D eigenvalue weighted by atomic mass is 9.92. The minimum atomic E-state index is -0.478. The van der Waals surface area contributed by atoms with E-state index < -0.39 is 5.69 Å². The second kappa shape index (κ2) is 7.39. The summed E-state index contributed by atoms with van der Waals surface area (Å²) in [5.41, 5.74) is 0.214. The highest BCUT2D eigenvalue weighted by molar-refractivity contribution is 7.17. The SMILES string of the molecule is CC1CC(C)CN(C(=O)Cn2c(=O)n(-c3ccccc3)c(=O)c3sccc32)C1. The van der Waals surface area contributed by atoms with Crippen LogP contribution in [0.5, 0.6) is 0 Å². The van der Waals surface area contributed by atoms with Gasteiger partial charge in [-0.1, -0.05) is 32.0 Å². The first kappa shape index (κ1) is 18.7. The van der Waals surface area contributed by atoms with Gasteiger partial charge in [-0.15, -0.1) is 11.3 Å². The van der Waals surface area contributed by atoms with Crippen molar-refractivity contribution in [3.05, 3.63) is 62.6 Å². The van der Waals surface area contributed by atoms with Gasteiger partial charge in [0.15, 0.2) is 0 Å². The van der Waals surface area contributed by atoms with Gasteiger partial charge in [0.1, 0.15) is 11.2 Å². The maximum atomic E-state index is 13.2. The summed E-state index contributed by atoms with van der Waals surface area (Å²) in [6.45, 7) is 5.66. The number of benzene rings is 1. The van der Waals surface area contributed by atoms with Crippen LogP contribution in [-0.2, 0) is 11.3 Å². The molecule has 0 aliphatic carbocycles. The molecule has 1 aliphatic heterocycles. The van der Waals surface area contributed by atoms with E-state index in [4.69, 9.17) is 0 Å². The lowest BCUT2D eigenvalue weighted by Gasteiger charge is -2.35. The molecule has 1 aliphatic rings. The fraction of sp³-hybridized carbons (Fsp3) is 0.381. The van der Waals surface area contributed by atoms with E-state index in [1.54, 1.807) is 35.7 Å². The summed E-state index contributed by atoms with van der Waals surface area (Å²) in [6, 6.07) is 10.6. The van der Waals surface area contributed by atoms with Crippen molar-refractivity contribution in [1.82, 2.24) is 14.0 Å². The quantitative estimate of drug-likeness (QED) is 0.683. The molecule has 2 aromatic heterocycles. The van der Waals surface area contributed by atoms with Crippen LogP contribution in [0.2, 0.25) is 0 Å². The first-order chi connectivity index (χ1) is 13.5. The second-order valence-corrected chi connectivity index (χ2v) is 8.64. The predicted octanol–water partition coefficient (Wildman–Crippen LogP) is 2.72. The molecule has 1 fully saturated rings. The number of carbonyl (C=O) groups is 1. The minimum absolute atomic E-state index is 0.0569. The van der Waals surface area contributed by atoms with Gasteiger partial charge in [-0.25, -0.2) is 9.36 Å². The zero-order chi connectivity index (χ0) is 19.8. The molecule has 146 valence electrons. The van der Waals surface area contributed by atoms with Crippen molar-refractivity contribution in [2.24, 2.45) is 11.8 Å². The van der Waals surface area contributed by atoms with Crippen molar-refractivity contribution in [2.45, 2.75) is 26.8 Å². The highest BCUT2D eigenvalue weighted by Crippen LogP contribution is 2.22. The molecule has 0 N–H and O–H groups in total. The number of piperidine rings is 1. The highest BCUT2D eigenvalue weighted by atomic mass is 32.1. The van der Waals surface area contributed by atoms with Gasteiger partial charge >= 0.3 is 5.69 Å². The Morgan fingerprint density at radius 1 is 1.07 bits per heavy atom. The molecule has 6 nitrogen and oxygen atoms in total. The van der Waals surface area contributed by atoms with Crippen LogP contribution in [0.4, 0.5) is 0 Å². The lowest BCUT2D eigenvalue weighted by molar-refractivity contribution is -0.134. The molecule has 1 saturated heterocycles. The third-order valence-corrected chi connectivity index (χ3v) is 6.18. The molecule has 0 bridgehead atoms. The summed E-state index contributed by atoms with van der Waals surface area (Å²) in [5, 5.41) is 1.78. The number of carbonyl (C=O) groups excluding carboxylic acids is 1. The van der Waals surface area contributed by atoms with Crippen molar-refractivity contribution in [3.8, 4) is 5.69 Å². The van der Waals surface area contributed by atoms with Gasteiger partial charge in [0.25, 0.3) is 5.56 Å². The van der Waals surface area contributed by atoms with Gasteiger partial charge in [0.05, 0.1) is 11.2 Å². The van der Waals surface area contributed by atoms with Crippen LogP contribution in [0.25, 0.3) is 15.9 Å². The van der Waals surface area contributed by atoms with Gasteiger partial charge in [0.2, 0.25) is 5.91 Å². The van der Waals surface area contributed by atoms with Crippen molar-refractivity contribution >= 4 is 27.5 Å². The van der Waals surface area contributed by atoms with Gasteiger partial charge in [-0.3, -0.25) is 14.2 Å². The maximum absolute atomic E-state index is 13.2. The van der Waals surface area contributed by atoms with Crippen LogP contribution >= 0.6 is 11.3 Å². The van der Waals surface area contributed by atoms with E-state index in [0.717, 1.165) is 11.0 Å². The van der Waals surface area contributed by atoms with Crippen LogP contribution in [0.3, 0.4) is 0 Å². The Bertz CT molecular complexity index is 1120. The number of likely N-dealkylation sites (tertiary alicyclic amines) is 1. The third kappa shape index (κ3) is 3.30. The minimum Gasteiger partial charge on any atom is -0.341 e. The van der Waals surface area contributed by atoms with Gasteiger partial charge in [-0.2, -0.15) is 0 Å². The molecule has 2 unspecified atom stereocenters. The summed E-state index contributed by atoms with van der Waals surface area (Å²) < 4.78 is 3.08. The molecule has 7 heteroatoms. The van der Waals surface area contributed by atoms with Crippen LogP contribution in [0.15, 0.2) is 51.4 Å². The summed E-state index contributed by atoms with van der Waals surface area (Å²) in [6.07, 6.45) is 1.11. The van der Waals surface area contributed by atoms with Crippen LogP contribution in [0, 0.1) is 11.8 Å². The first-order valence-corrected chi connectivity index (χ1v) is 10.4. The normalized spacial score (nSPS) is 19.9. The summed E-state index contributed by atoms with van der Waals surface area (Å²) in [4.78, 5) is 41.0. The molecule has 2 atom stereocenters. The third-order valence-electron chi connectivity index (χ3n) is 5.28. The Morgan fingerprint density at radius 2 is 1.75 bits per heavy atom. The summed E-state index contributed by atoms with van der Waals surface area (Å²) in [5.74, 6) is 0.819. The molecule has 28 heavy (non-hydrogen) atoms. The zero-order valence-corrected chi connectivity index (χ0v) is 16.8. The molecule has 0 radical (unpaired) electrons. The van der Waals surface area contributed by atoms with Crippen LogP contribution < -0.4 is 11.2 Å². The van der Waals surface area contributed by atoms with E-state index in [2.05, 4.69) is 13.8 Å². The Labute approximate surface area is 166 Å². The Balaban J connectivity index is 1.79. The van der Waals surface area contributed by atoms with Gasteiger partial charge in [0, 0.05) is 13.1 Å². The van der Waals surface area contributed by atoms with Crippen molar-refractivity contribution in [1.29, 1.82) is 0 Å². The predicted molar refractivity (Wildman–Crippen MR) is 111 cm³/mol. The largest absolute Gasteiger partial charge is 0.341 e. The van der Waals surface area contributed by atoms with Crippen molar-refractivity contribution < 1.29 is 4.79 Å². The molecule has 1 aromatic carbocycles. The number of rotatable bonds is 3. The topological polar surface area (TPSA) is 64.3 Å². The summed E-state index contributed by atoms with van der Waals surface area (Å²) >= 11 is 1.29. The Morgan fingerprint density at radius 3 is 2.43 bits per heavy atom.